The number of hydrogen-bond donors (Lipinski definition) is 0. The first-order valence-electron chi connectivity index (χ1n) is 10.7. The Morgan fingerprint density at radius 2 is 1.53 bits per heavy atom. The van der Waals surface area contributed by atoms with Crippen molar-refractivity contribution in [3.8, 4) is 22.3 Å². The van der Waals surface area contributed by atoms with Crippen LogP contribution in [0.25, 0.3) is 22.3 Å². The Bertz CT molecular complexity index is 1120. The van der Waals surface area contributed by atoms with Gasteiger partial charge in [0.2, 0.25) is 0 Å². The summed E-state index contributed by atoms with van der Waals surface area (Å²) in [6.45, 7) is 2.90. The number of benzene rings is 3. The van der Waals surface area contributed by atoms with Gasteiger partial charge in [-0.25, -0.2) is 13.2 Å². The molecule has 0 radical (unpaired) electrons. The number of hydrogen-bond acceptors (Lipinski definition) is 2. The molecule has 0 N–H and O–H groups in total. The van der Waals surface area contributed by atoms with Gasteiger partial charge in [0.1, 0.15) is 13.7 Å². The maximum absolute atomic E-state index is 14.8. The van der Waals surface area contributed by atoms with Gasteiger partial charge >= 0.3 is 0 Å². The van der Waals surface area contributed by atoms with Crippen molar-refractivity contribution in [1.82, 2.24) is 0 Å². The molecule has 2 nitrogen and oxygen atoms in total. The zero-order valence-electron chi connectivity index (χ0n) is 18.1. The van der Waals surface area contributed by atoms with Crippen LogP contribution in [0.3, 0.4) is 0 Å². The zero-order valence-corrected chi connectivity index (χ0v) is 18.1. The highest BCUT2D eigenvalue weighted by molar-refractivity contribution is 6.08. The summed E-state index contributed by atoms with van der Waals surface area (Å²) in [5.74, 6) is -1.90. The van der Waals surface area contributed by atoms with E-state index >= 15 is 0 Å². The Morgan fingerprint density at radius 1 is 0.875 bits per heavy atom. The topological polar surface area (TPSA) is 18.5 Å². The third kappa shape index (κ3) is 4.52. The molecule has 1 heterocycles. The Kier molecular flexibility index (Phi) is 6.82. The number of halogens is 3. The molecular weight excluding hydrogens is 412 g/mol. The minimum absolute atomic E-state index is 0.175. The van der Waals surface area contributed by atoms with E-state index in [-0.39, 0.29) is 11.5 Å². The van der Waals surface area contributed by atoms with Gasteiger partial charge < -0.3 is 9.47 Å². The van der Waals surface area contributed by atoms with Crippen LogP contribution >= 0.6 is 0 Å². The Balaban J connectivity index is 1.53. The molecule has 0 saturated carbocycles. The molecule has 1 fully saturated rings. The molecule has 0 amide bonds. The van der Waals surface area contributed by atoms with E-state index < -0.39 is 23.7 Å². The number of rotatable bonds is 5. The van der Waals surface area contributed by atoms with Crippen LogP contribution in [0.5, 0.6) is 0 Å². The summed E-state index contributed by atoms with van der Waals surface area (Å²) < 4.78 is 54.8. The van der Waals surface area contributed by atoms with Gasteiger partial charge in [-0.05, 0) is 35.2 Å². The van der Waals surface area contributed by atoms with Crippen molar-refractivity contribution in [1.29, 1.82) is 0 Å². The molecule has 0 aliphatic carbocycles. The molecule has 6 heteroatoms. The van der Waals surface area contributed by atoms with Crippen molar-refractivity contribution in [2.75, 3.05) is 13.2 Å². The second-order valence-electron chi connectivity index (χ2n) is 7.85. The average Bonchev–Trinajstić information content (AvgIpc) is 2.82. The molecule has 3 aromatic carbocycles. The summed E-state index contributed by atoms with van der Waals surface area (Å²) in [6.07, 6.45) is 3.66. The monoisotopic (exact) mass is 436 g/mol. The fraction of sp³-hybridized carbons (Fsp3) is 0.231. The molecule has 0 unspecified atom stereocenters. The Hall–Kier alpha value is -2.83. The summed E-state index contributed by atoms with van der Waals surface area (Å²) in [7, 11) is 1.78. The summed E-state index contributed by atoms with van der Waals surface area (Å²) in [5.41, 5.74) is 2.91. The molecule has 1 aliphatic heterocycles. The zero-order chi connectivity index (χ0) is 22.7. The van der Waals surface area contributed by atoms with Crippen molar-refractivity contribution in [3.05, 3.63) is 95.3 Å². The van der Waals surface area contributed by atoms with Crippen molar-refractivity contribution >= 4 is 7.85 Å². The minimum atomic E-state index is -0.850. The second-order valence-corrected chi connectivity index (χ2v) is 7.85. The van der Waals surface area contributed by atoms with Crippen LogP contribution in [0, 0.1) is 23.4 Å². The van der Waals surface area contributed by atoms with Crippen molar-refractivity contribution in [2.45, 2.75) is 19.5 Å². The van der Waals surface area contributed by atoms with Gasteiger partial charge in [0.15, 0.2) is 17.9 Å². The van der Waals surface area contributed by atoms with Crippen LogP contribution in [-0.2, 0) is 15.8 Å². The molecule has 164 valence electrons. The summed E-state index contributed by atoms with van der Waals surface area (Å²) in [4.78, 5) is 0. The predicted molar refractivity (Wildman–Crippen MR) is 122 cm³/mol. The van der Waals surface area contributed by atoms with Crippen LogP contribution in [0.1, 0.15) is 24.3 Å². The molecule has 1 saturated heterocycles. The van der Waals surface area contributed by atoms with Crippen molar-refractivity contribution in [3.63, 3.8) is 0 Å². The lowest BCUT2D eigenvalue weighted by molar-refractivity contribution is -0.198. The number of ether oxygens (including phenoxy) is 2. The quantitative estimate of drug-likeness (QED) is 0.371. The van der Waals surface area contributed by atoms with Crippen molar-refractivity contribution in [2.24, 2.45) is 5.92 Å². The lowest BCUT2D eigenvalue weighted by Crippen LogP contribution is -2.26. The van der Waals surface area contributed by atoms with Crippen molar-refractivity contribution < 1.29 is 22.6 Å². The average molecular weight is 436 g/mol. The third-order valence-corrected chi connectivity index (χ3v) is 5.71. The molecule has 0 spiro atoms. The first-order valence-corrected chi connectivity index (χ1v) is 10.7. The van der Waals surface area contributed by atoms with Gasteiger partial charge in [0.05, 0.1) is 13.2 Å². The van der Waals surface area contributed by atoms with E-state index in [4.69, 9.17) is 9.47 Å². The Morgan fingerprint density at radius 3 is 2.16 bits per heavy atom. The van der Waals surface area contributed by atoms with Gasteiger partial charge in [-0.1, -0.05) is 67.0 Å². The molecule has 4 rings (SSSR count). The van der Waals surface area contributed by atoms with E-state index in [1.54, 1.807) is 56.4 Å². The molecule has 1 aliphatic rings. The van der Waals surface area contributed by atoms with Gasteiger partial charge in [0, 0.05) is 17.0 Å². The van der Waals surface area contributed by atoms with E-state index in [0.717, 1.165) is 5.56 Å². The predicted octanol–water partition coefficient (Wildman–Crippen LogP) is 5.81. The minimum Gasteiger partial charge on any atom is -0.348 e. The van der Waals surface area contributed by atoms with Gasteiger partial charge in [-0.2, -0.15) is 0 Å². The summed E-state index contributed by atoms with van der Waals surface area (Å²) in [6, 6.07) is 15.0. The highest BCUT2D eigenvalue weighted by Gasteiger charge is 2.24. The SMILES string of the molecule is BCc1ccc(-c2ccc(-c3ccc(C4OCC(/C=C/C)CO4)c(F)c3)cc2)c(F)c1F. The molecule has 0 bridgehead atoms. The lowest BCUT2D eigenvalue weighted by atomic mass is 9.93. The fourth-order valence-corrected chi connectivity index (χ4v) is 3.91. The maximum Gasteiger partial charge on any atom is 0.186 e. The van der Waals surface area contributed by atoms with Gasteiger partial charge in [0.25, 0.3) is 0 Å². The summed E-state index contributed by atoms with van der Waals surface area (Å²) in [5, 5.41) is 0. The van der Waals surface area contributed by atoms with E-state index in [2.05, 4.69) is 0 Å². The highest BCUT2D eigenvalue weighted by Crippen LogP contribution is 2.32. The molecule has 3 aromatic rings. The van der Waals surface area contributed by atoms with Gasteiger partial charge in [-0.3, -0.25) is 0 Å². The number of allylic oxidation sites excluding steroid dienone is 1. The van der Waals surface area contributed by atoms with Crippen LogP contribution in [0.15, 0.2) is 66.7 Å². The molecule has 0 atom stereocenters. The molecular formula is C26H24BF3O2. The van der Waals surface area contributed by atoms with E-state index in [9.17, 15) is 13.2 Å². The van der Waals surface area contributed by atoms with Crippen LogP contribution in [0.4, 0.5) is 13.2 Å². The van der Waals surface area contributed by atoms with E-state index in [1.165, 1.54) is 6.07 Å². The first kappa shape index (κ1) is 22.4. The Labute approximate surface area is 187 Å². The first-order chi connectivity index (χ1) is 15.5. The highest BCUT2D eigenvalue weighted by atomic mass is 19.2. The molecule has 0 aromatic heterocycles. The van der Waals surface area contributed by atoms with E-state index in [0.29, 0.717) is 41.8 Å². The third-order valence-electron chi connectivity index (χ3n) is 5.71. The molecule has 32 heavy (non-hydrogen) atoms. The fourth-order valence-electron chi connectivity index (χ4n) is 3.91. The largest absolute Gasteiger partial charge is 0.348 e. The van der Waals surface area contributed by atoms with Gasteiger partial charge in [-0.15, -0.1) is 0 Å². The standard InChI is InChI=1S/C26H24BF3O2/c1-2-3-16-14-31-26(32-15-16)22-11-8-19(12-23(22)28)17-4-6-18(7-5-17)21-10-9-20(13-27)24(29)25(21)30/h2-12,16,26H,13-15,27H2,1H3/b3-2+. The van der Waals surface area contributed by atoms with Crippen LogP contribution in [0.2, 0.25) is 0 Å². The summed E-state index contributed by atoms with van der Waals surface area (Å²) >= 11 is 0. The lowest BCUT2D eigenvalue weighted by Gasteiger charge is -2.28. The van der Waals surface area contributed by atoms with Crippen LogP contribution < -0.4 is 0 Å². The van der Waals surface area contributed by atoms with Crippen LogP contribution in [-0.4, -0.2) is 21.1 Å². The normalized spacial score (nSPS) is 18.9. The smallest absolute Gasteiger partial charge is 0.186 e. The second kappa shape index (κ2) is 9.76. The van der Waals surface area contributed by atoms with E-state index in [1.807, 2.05) is 19.1 Å². The maximum atomic E-state index is 14.8.